The van der Waals surface area contributed by atoms with Crippen molar-refractivity contribution in [1.82, 2.24) is 4.90 Å². The normalized spacial score (nSPS) is 30.1. The number of rotatable bonds is 7. The van der Waals surface area contributed by atoms with Crippen molar-refractivity contribution < 1.29 is 0 Å². The predicted molar refractivity (Wildman–Crippen MR) is 89.9 cm³/mol. The lowest BCUT2D eigenvalue weighted by Crippen LogP contribution is -2.61. The lowest BCUT2D eigenvalue weighted by Gasteiger charge is -2.54. The maximum Gasteiger partial charge on any atom is 0.0342 e. The van der Waals surface area contributed by atoms with Gasteiger partial charge in [0, 0.05) is 18.1 Å². The van der Waals surface area contributed by atoms with E-state index in [1.165, 1.54) is 45.1 Å². The first-order valence-electron chi connectivity index (χ1n) is 8.73. The van der Waals surface area contributed by atoms with Crippen LogP contribution in [0.1, 0.15) is 80.1 Å². The van der Waals surface area contributed by atoms with Gasteiger partial charge in [-0.1, -0.05) is 40.5 Å². The number of hydrogen-bond donors (Lipinski definition) is 1. The second kappa shape index (κ2) is 7.26. The van der Waals surface area contributed by atoms with Crippen LogP contribution in [-0.4, -0.2) is 29.6 Å². The summed E-state index contributed by atoms with van der Waals surface area (Å²) in [6, 6.07) is 0.594. The average Bonchev–Trinajstić information content (AvgIpc) is 2.31. The van der Waals surface area contributed by atoms with Gasteiger partial charge in [-0.25, -0.2) is 0 Å². The zero-order chi connectivity index (χ0) is 15.4. The first-order chi connectivity index (χ1) is 9.26. The van der Waals surface area contributed by atoms with Gasteiger partial charge in [0.1, 0.15) is 0 Å². The third kappa shape index (κ3) is 4.46. The smallest absolute Gasteiger partial charge is 0.0342 e. The molecule has 0 bridgehead atoms. The molecule has 0 heterocycles. The zero-order valence-corrected chi connectivity index (χ0v) is 14.8. The molecule has 0 spiro atoms. The minimum atomic E-state index is 0.225. The first-order valence-corrected chi connectivity index (χ1v) is 8.73. The van der Waals surface area contributed by atoms with Crippen LogP contribution < -0.4 is 5.73 Å². The molecule has 2 unspecified atom stereocenters. The van der Waals surface area contributed by atoms with Gasteiger partial charge in [0.05, 0.1) is 0 Å². The Kier molecular flexibility index (Phi) is 6.53. The van der Waals surface area contributed by atoms with Gasteiger partial charge in [-0.05, 0) is 57.4 Å². The highest BCUT2D eigenvalue weighted by molar-refractivity contribution is 5.02. The summed E-state index contributed by atoms with van der Waals surface area (Å²) < 4.78 is 0. The second-order valence-electron chi connectivity index (χ2n) is 8.28. The van der Waals surface area contributed by atoms with Crippen LogP contribution in [-0.2, 0) is 0 Å². The molecule has 0 aromatic rings. The topological polar surface area (TPSA) is 29.3 Å². The lowest BCUT2D eigenvalue weighted by molar-refractivity contribution is -0.0297. The number of nitrogens with two attached hydrogens (primary N) is 1. The molecule has 1 aliphatic rings. The molecule has 1 rings (SSSR count). The Bertz CT molecular complexity index is 285. The van der Waals surface area contributed by atoms with E-state index in [1.807, 2.05) is 0 Å². The van der Waals surface area contributed by atoms with Gasteiger partial charge in [-0.2, -0.15) is 0 Å². The van der Waals surface area contributed by atoms with Crippen molar-refractivity contribution in [3.05, 3.63) is 0 Å². The Hall–Kier alpha value is -0.0800. The van der Waals surface area contributed by atoms with Crippen LogP contribution in [0, 0.1) is 11.3 Å². The molecule has 0 amide bonds. The van der Waals surface area contributed by atoms with Gasteiger partial charge in [0.15, 0.2) is 0 Å². The van der Waals surface area contributed by atoms with E-state index in [0.29, 0.717) is 11.5 Å². The monoisotopic (exact) mass is 282 g/mol. The molecule has 1 fully saturated rings. The van der Waals surface area contributed by atoms with E-state index in [0.717, 1.165) is 12.5 Å². The molecule has 2 N–H and O–H groups in total. The Morgan fingerprint density at radius 1 is 1.20 bits per heavy atom. The summed E-state index contributed by atoms with van der Waals surface area (Å²) in [5, 5.41) is 0. The van der Waals surface area contributed by atoms with Crippen LogP contribution in [0.2, 0.25) is 0 Å². The fourth-order valence-electron chi connectivity index (χ4n) is 4.77. The molecule has 2 heteroatoms. The molecular formula is C18H38N2. The summed E-state index contributed by atoms with van der Waals surface area (Å²) in [6.07, 6.45) is 7.82. The molecule has 0 radical (unpaired) electrons. The highest BCUT2D eigenvalue weighted by Gasteiger charge is 2.46. The summed E-state index contributed by atoms with van der Waals surface area (Å²) in [5.74, 6) is 0.787. The molecule has 0 aliphatic heterocycles. The molecule has 2 nitrogen and oxygen atoms in total. The van der Waals surface area contributed by atoms with Crippen LogP contribution >= 0.6 is 0 Å². The van der Waals surface area contributed by atoms with Crippen LogP contribution in [0.4, 0.5) is 0 Å². The number of hydrogen-bond acceptors (Lipinski definition) is 2. The van der Waals surface area contributed by atoms with Gasteiger partial charge in [0.2, 0.25) is 0 Å². The third-order valence-electron chi connectivity index (χ3n) is 5.05. The van der Waals surface area contributed by atoms with E-state index in [4.69, 9.17) is 5.73 Å². The van der Waals surface area contributed by atoms with E-state index >= 15 is 0 Å². The van der Waals surface area contributed by atoms with Gasteiger partial charge in [-0.15, -0.1) is 0 Å². The lowest BCUT2D eigenvalue weighted by atomic mass is 9.63. The van der Waals surface area contributed by atoms with Crippen molar-refractivity contribution in [1.29, 1.82) is 0 Å². The Labute approximate surface area is 127 Å². The second-order valence-corrected chi connectivity index (χ2v) is 8.28. The van der Waals surface area contributed by atoms with Crippen molar-refractivity contribution in [2.75, 3.05) is 13.1 Å². The minimum Gasteiger partial charge on any atom is -0.329 e. The Balaban J connectivity index is 2.91. The van der Waals surface area contributed by atoms with Crippen molar-refractivity contribution in [2.24, 2.45) is 17.1 Å². The van der Waals surface area contributed by atoms with E-state index in [-0.39, 0.29) is 5.54 Å². The molecule has 0 aromatic heterocycles. The SMILES string of the molecule is CCCCCN(C(C)C)C1(CN)CC(C)CC(C)(C)C1. The summed E-state index contributed by atoms with van der Waals surface area (Å²) >= 11 is 0. The highest BCUT2D eigenvalue weighted by atomic mass is 15.2. The molecule has 20 heavy (non-hydrogen) atoms. The molecule has 1 saturated carbocycles. The summed E-state index contributed by atoms with van der Waals surface area (Å²) in [6.45, 7) is 16.3. The third-order valence-corrected chi connectivity index (χ3v) is 5.05. The van der Waals surface area contributed by atoms with E-state index < -0.39 is 0 Å². The van der Waals surface area contributed by atoms with Gasteiger partial charge in [0.25, 0.3) is 0 Å². The Morgan fingerprint density at radius 3 is 2.30 bits per heavy atom. The maximum atomic E-state index is 6.32. The average molecular weight is 283 g/mol. The van der Waals surface area contributed by atoms with Crippen molar-refractivity contribution in [3.8, 4) is 0 Å². The van der Waals surface area contributed by atoms with Gasteiger partial charge in [-0.3, -0.25) is 4.90 Å². The van der Waals surface area contributed by atoms with E-state index in [2.05, 4.69) is 46.4 Å². The highest BCUT2D eigenvalue weighted by Crippen LogP contribution is 2.46. The molecule has 0 saturated heterocycles. The summed E-state index contributed by atoms with van der Waals surface area (Å²) in [7, 11) is 0. The quantitative estimate of drug-likeness (QED) is 0.700. The molecule has 0 aromatic carbocycles. The van der Waals surface area contributed by atoms with Gasteiger partial charge >= 0.3 is 0 Å². The molecule has 2 atom stereocenters. The standard InChI is InChI=1S/C18H38N2/c1-7-8-9-10-20(15(2)3)18(14-19)12-16(4)11-17(5,6)13-18/h15-16H,7-14,19H2,1-6H3. The van der Waals surface area contributed by atoms with E-state index in [9.17, 15) is 0 Å². The number of unbranched alkanes of at least 4 members (excludes halogenated alkanes) is 2. The number of nitrogens with zero attached hydrogens (tertiary/aromatic N) is 1. The largest absolute Gasteiger partial charge is 0.329 e. The van der Waals surface area contributed by atoms with Gasteiger partial charge < -0.3 is 5.73 Å². The van der Waals surface area contributed by atoms with Crippen LogP contribution in [0.15, 0.2) is 0 Å². The van der Waals surface area contributed by atoms with Crippen molar-refractivity contribution in [2.45, 2.75) is 91.6 Å². The Morgan fingerprint density at radius 2 is 1.85 bits per heavy atom. The van der Waals surface area contributed by atoms with Crippen molar-refractivity contribution >= 4 is 0 Å². The molecule has 120 valence electrons. The fraction of sp³-hybridized carbons (Fsp3) is 1.00. The van der Waals surface area contributed by atoms with E-state index in [1.54, 1.807) is 0 Å². The summed E-state index contributed by atoms with van der Waals surface area (Å²) in [5.41, 5.74) is 6.97. The zero-order valence-electron chi connectivity index (χ0n) is 14.8. The van der Waals surface area contributed by atoms with Crippen LogP contribution in [0.25, 0.3) is 0 Å². The van der Waals surface area contributed by atoms with Crippen LogP contribution in [0.3, 0.4) is 0 Å². The maximum absolute atomic E-state index is 6.32. The fourth-order valence-corrected chi connectivity index (χ4v) is 4.77. The molecular weight excluding hydrogens is 244 g/mol. The van der Waals surface area contributed by atoms with Crippen molar-refractivity contribution in [3.63, 3.8) is 0 Å². The minimum absolute atomic E-state index is 0.225. The summed E-state index contributed by atoms with van der Waals surface area (Å²) in [4.78, 5) is 2.74. The van der Waals surface area contributed by atoms with Crippen LogP contribution in [0.5, 0.6) is 0 Å². The molecule has 1 aliphatic carbocycles. The predicted octanol–water partition coefficient (Wildman–Crippen LogP) is 4.43. The first kappa shape index (κ1) is 18.0.